The lowest BCUT2D eigenvalue weighted by atomic mass is 9.94. The summed E-state index contributed by atoms with van der Waals surface area (Å²) in [7, 11) is 0. The lowest BCUT2D eigenvalue weighted by Crippen LogP contribution is -2.11. The maximum atomic E-state index is 6.37. The van der Waals surface area contributed by atoms with Gasteiger partial charge in [-0.1, -0.05) is 194 Å². The molecule has 0 atom stereocenters. The summed E-state index contributed by atoms with van der Waals surface area (Å²) in [6, 6.07) is 89.9. The van der Waals surface area contributed by atoms with E-state index in [0.717, 1.165) is 72.4 Å². The molecule has 2 heteroatoms. The number of rotatable bonds is 8. The van der Waals surface area contributed by atoms with Crippen molar-refractivity contribution >= 4 is 60.5 Å². The van der Waals surface area contributed by atoms with Crippen molar-refractivity contribution in [2.45, 2.75) is 0 Å². The number of fused-ring (bicyclic) bond motifs is 5. The van der Waals surface area contributed by atoms with Crippen molar-refractivity contribution in [3.05, 3.63) is 249 Å². The van der Waals surface area contributed by atoms with Crippen molar-refractivity contribution in [1.82, 2.24) is 0 Å². The summed E-state index contributed by atoms with van der Waals surface area (Å²) in [5.74, 6) is 0. The summed E-state index contributed by atoms with van der Waals surface area (Å²) in [5, 5.41) is 7.19. The van der Waals surface area contributed by atoms with Gasteiger partial charge in [0.05, 0.1) is 5.69 Å². The van der Waals surface area contributed by atoms with Crippen LogP contribution < -0.4 is 4.90 Å². The van der Waals surface area contributed by atoms with Gasteiger partial charge in [0.1, 0.15) is 11.2 Å². The number of benzene rings is 11. The van der Waals surface area contributed by atoms with E-state index in [1.165, 1.54) is 43.8 Å². The molecule has 0 saturated carbocycles. The molecule has 1 heterocycles. The zero-order chi connectivity index (χ0) is 42.4. The van der Waals surface area contributed by atoms with Crippen LogP contribution in [0.25, 0.3) is 99.1 Å². The summed E-state index contributed by atoms with van der Waals surface area (Å²) in [5.41, 5.74) is 16.6. The van der Waals surface area contributed by atoms with E-state index in [-0.39, 0.29) is 0 Å². The van der Waals surface area contributed by atoms with Gasteiger partial charge in [-0.2, -0.15) is 0 Å². The van der Waals surface area contributed by atoms with Crippen molar-refractivity contribution in [1.29, 1.82) is 0 Å². The average molecular weight is 816 g/mol. The predicted molar refractivity (Wildman–Crippen MR) is 271 cm³/mol. The highest BCUT2D eigenvalue weighted by Crippen LogP contribution is 2.46. The van der Waals surface area contributed by atoms with Gasteiger partial charge in [0.2, 0.25) is 0 Å². The largest absolute Gasteiger partial charge is 0.456 e. The molecule has 1 aromatic heterocycles. The Morgan fingerprint density at radius 1 is 0.266 bits per heavy atom. The number of hydrogen-bond acceptors (Lipinski definition) is 2. The van der Waals surface area contributed by atoms with Crippen LogP contribution in [0.4, 0.5) is 17.1 Å². The van der Waals surface area contributed by atoms with Gasteiger partial charge in [-0.25, -0.2) is 0 Å². The van der Waals surface area contributed by atoms with E-state index < -0.39 is 0 Å². The third kappa shape index (κ3) is 6.70. The Morgan fingerprint density at radius 2 is 0.844 bits per heavy atom. The van der Waals surface area contributed by atoms with Gasteiger partial charge in [-0.3, -0.25) is 0 Å². The van der Waals surface area contributed by atoms with E-state index in [1.54, 1.807) is 0 Å². The van der Waals surface area contributed by atoms with E-state index in [9.17, 15) is 0 Å². The zero-order valence-corrected chi connectivity index (χ0v) is 35.0. The molecular weight excluding hydrogens is 775 g/mol. The minimum absolute atomic E-state index is 0.885. The molecule has 11 aromatic carbocycles. The van der Waals surface area contributed by atoms with Gasteiger partial charge in [-0.05, 0) is 126 Å². The SMILES string of the molecule is c1ccc(-c2ccc(-c3ccc4ccccc4c3)cc2N(c2ccc(-c3cccc(-c4cccc5ccccc45)c3)cc2)c2cccc(-c3cccc4oc5ccccc5c34)c2)cc1. The molecule has 64 heavy (non-hydrogen) atoms. The molecule has 0 aliphatic rings. The fourth-order valence-corrected chi connectivity index (χ4v) is 9.53. The first kappa shape index (κ1) is 37.3. The van der Waals surface area contributed by atoms with Crippen LogP contribution in [0.3, 0.4) is 0 Å². The third-order valence-corrected chi connectivity index (χ3v) is 12.6. The molecule has 0 bridgehead atoms. The Balaban J connectivity index is 1.04. The first-order chi connectivity index (χ1) is 31.7. The van der Waals surface area contributed by atoms with Crippen LogP contribution >= 0.6 is 0 Å². The fourth-order valence-electron chi connectivity index (χ4n) is 9.53. The van der Waals surface area contributed by atoms with Gasteiger partial charge in [0, 0.05) is 27.7 Å². The molecule has 12 rings (SSSR count). The van der Waals surface area contributed by atoms with Crippen LogP contribution in [-0.4, -0.2) is 0 Å². The lowest BCUT2D eigenvalue weighted by Gasteiger charge is -2.29. The van der Waals surface area contributed by atoms with Crippen LogP contribution in [0.2, 0.25) is 0 Å². The normalized spacial score (nSPS) is 11.4. The van der Waals surface area contributed by atoms with Crippen molar-refractivity contribution in [2.75, 3.05) is 4.90 Å². The van der Waals surface area contributed by atoms with E-state index in [1.807, 2.05) is 6.07 Å². The number of nitrogens with zero attached hydrogens (tertiary/aromatic N) is 1. The molecule has 0 saturated heterocycles. The topological polar surface area (TPSA) is 16.4 Å². The zero-order valence-electron chi connectivity index (χ0n) is 35.0. The minimum Gasteiger partial charge on any atom is -0.456 e. The second-order valence-electron chi connectivity index (χ2n) is 16.5. The second kappa shape index (κ2) is 15.8. The van der Waals surface area contributed by atoms with Crippen molar-refractivity contribution in [2.24, 2.45) is 0 Å². The highest BCUT2D eigenvalue weighted by molar-refractivity contribution is 6.12. The molecule has 0 amide bonds. The Kier molecular flexibility index (Phi) is 9.20. The molecule has 0 aliphatic carbocycles. The van der Waals surface area contributed by atoms with Crippen LogP contribution in [0.15, 0.2) is 253 Å². The summed E-state index contributed by atoms with van der Waals surface area (Å²) in [6.45, 7) is 0. The predicted octanol–water partition coefficient (Wildman–Crippen LogP) is 17.7. The van der Waals surface area contributed by atoms with Gasteiger partial charge in [0.15, 0.2) is 0 Å². The van der Waals surface area contributed by atoms with E-state index in [2.05, 4.69) is 248 Å². The number of anilines is 3. The molecule has 0 N–H and O–H groups in total. The monoisotopic (exact) mass is 815 g/mol. The molecule has 0 radical (unpaired) electrons. The van der Waals surface area contributed by atoms with Gasteiger partial charge in [-0.15, -0.1) is 0 Å². The molecule has 2 nitrogen and oxygen atoms in total. The minimum atomic E-state index is 0.885. The summed E-state index contributed by atoms with van der Waals surface area (Å²) < 4.78 is 6.37. The first-order valence-electron chi connectivity index (χ1n) is 21.9. The summed E-state index contributed by atoms with van der Waals surface area (Å²) in [4.78, 5) is 2.43. The maximum absolute atomic E-state index is 6.37. The molecule has 0 spiro atoms. The summed E-state index contributed by atoms with van der Waals surface area (Å²) >= 11 is 0. The standard InChI is InChI=1S/C62H41NO/c1-2-15-45(16-3-1)56-37-34-49(48-31-30-42-14-4-5-18-46(42)38-48)41-59(56)63(53-23-11-22-51(40-53)57-27-13-29-61-62(57)58-25-8-9-28-60(58)64-61)52-35-32-43(33-36-52)47-20-10-21-50(39-47)55-26-12-19-44-17-6-7-24-54(44)55/h1-41H. The van der Waals surface area contributed by atoms with Crippen LogP contribution in [0, 0.1) is 0 Å². The average Bonchev–Trinajstić information content (AvgIpc) is 3.76. The molecular formula is C62H41NO. The number of furan rings is 1. The quantitative estimate of drug-likeness (QED) is 0.152. The van der Waals surface area contributed by atoms with Crippen molar-refractivity contribution < 1.29 is 4.42 Å². The molecule has 0 unspecified atom stereocenters. The molecule has 0 aliphatic heterocycles. The number of para-hydroxylation sites is 1. The van der Waals surface area contributed by atoms with Crippen molar-refractivity contribution in [3.63, 3.8) is 0 Å². The fraction of sp³-hybridized carbons (Fsp3) is 0. The van der Waals surface area contributed by atoms with E-state index in [4.69, 9.17) is 4.42 Å². The van der Waals surface area contributed by atoms with Gasteiger partial charge >= 0.3 is 0 Å². The van der Waals surface area contributed by atoms with E-state index >= 15 is 0 Å². The number of hydrogen-bond donors (Lipinski definition) is 0. The van der Waals surface area contributed by atoms with Crippen molar-refractivity contribution in [3.8, 4) is 55.6 Å². The van der Waals surface area contributed by atoms with Crippen LogP contribution in [-0.2, 0) is 0 Å². The smallest absolute Gasteiger partial charge is 0.136 e. The Labute approximate surface area is 372 Å². The lowest BCUT2D eigenvalue weighted by molar-refractivity contribution is 0.669. The van der Waals surface area contributed by atoms with Gasteiger partial charge in [0.25, 0.3) is 0 Å². The third-order valence-electron chi connectivity index (χ3n) is 12.6. The molecule has 12 aromatic rings. The second-order valence-corrected chi connectivity index (χ2v) is 16.5. The summed E-state index contributed by atoms with van der Waals surface area (Å²) in [6.07, 6.45) is 0. The van der Waals surface area contributed by atoms with Crippen LogP contribution in [0.1, 0.15) is 0 Å². The molecule has 0 fully saturated rings. The van der Waals surface area contributed by atoms with E-state index in [0.29, 0.717) is 0 Å². The van der Waals surface area contributed by atoms with Crippen LogP contribution in [0.5, 0.6) is 0 Å². The molecule has 300 valence electrons. The van der Waals surface area contributed by atoms with Gasteiger partial charge < -0.3 is 9.32 Å². The Hall–Kier alpha value is -8.46. The Bertz CT molecular complexity index is 3670. The Morgan fingerprint density at radius 3 is 1.72 bits per heavy atom. The highest BCUT2D eigenvalue weighted by Gasteiger charge is 2.21. The maximum Gasteiger partial charge on any atom is 0.136 e. The first-order valence-corrected chi connectivity index (χ1v) is 21.9. The highest BCUT2D eigenvalue weighted by atomic mass is 16.3.